The molecule has 34 heavy (non-hydrogen) atoms. The third kappa shape index (κ3) is 5.34. The third-order valence-corrected chi connectivity index (χ3v) is 6.00. The molecule has 0 spiro atoms. The number of nitrogens with one attached hydrogen (secondary N) is 1. The van der Waals surface area contributed by atoms with E-state index in [0.717, 1.165) is 0 Å². The van der Waals surface area contributed by atoms with Crippen molar-refractivity contribution in [3.63, 3.8) is 0 Å². The Morgan fingerprint density at radius 2 is 1.85 bits per heavy atom. The Morgan fingerprint density at radius 3 is 2.56 bits per heavy atom. The minimum absolute atomic E-state index is 0.213. The number of rotatable bonds is 8. The molecule has 8 heteroatoms. The van der Waals surface area contributed by atoms with Crippen molar-refractivity contribution in [2.24, 2.45) is 5.92 Å². The van der Waals surface area contributed by atoms with Crippen LogP contribution in [0.2, 0.25) is 0 Å². The Hall–Kier alpha value is -3.52. The van der Waals surface area contributed by atoms with E-state index in [9.17, 15) is 9.59 Å². The van der Waals surface area contributed by atoms with Crippen LogP contribution in [0.5, 0.6) is 17.2 Å². The van der Waals surface area contributed by atoms with Gasteiger partial charge in [-0.25, -0.2) is 4.79 Å². The molecule has 3 aromatic rings. The molecule has 2 aromatic carbocycles. The summed E-state index contributed by atoms with van der Waals surface area (Å²) in [6.45, 7) is 6.93. The van der Waals surface area contributed by atoms with Crippen molar-refractivity contribution in [1.82, 2.24) is 0 Å². The third-order valence-electron chi connectivity index (χ3n) is 5.08. The number of carbonyl (C=O) groups is 2. The van der Waals surface area contributed by atoms with Crippen molar-refractivity contribution in [2.45, 2.75) is 26.9 Å². The van der Waals surface area contributed by atoms with Crippen LogP contribution in [-0.4, -0.2) is 31.7 Å². The van der Waals surface area contributed by atoms with Crippen LogP contribution >= 0.6 is 11.3 Å². The van der Waals surface area contributed by atoms with Crippen molar-refractivity contribution in [1.29, 1.82) is 0 Å². The van der Waals surface area contributed by atoms with E-state index in [1.807, 2.05) is 24.3 Å². The Balaban J connectivity index is 1.54. The fourth-order valence-corrected chi connectivity index (χ4v) is 4.41. The molecule has 1 aromatic heterocycles. The molecule has 4 rings (SSSR count). The SMILES string of the molecule is CCOC(=O)c1c([C@H]2COc3ccccc3O2)csc1NC(=O)c1ccc(OCC(C)C)cc1. The molecule has 0 bridgehead atoms. The molecule has 7 nitrogen and oxygen atoms in total. The smallest absolute Gasteiger partial charge is 0.341 e. The first-order valence-electron chi connectivity index (χ1n) is 11.2. The van der Waals surface area contributed by atoms with E-state index >= 15 is 0 Å². The van der Waals surface area contributed by atoms with Crippen molar-refractivity contribution in [3.05, 3.63) is 70.6 Å². The van der Waals surface area contributed by atoms with Crippen LogP contribution in [0.4, 0.5) is 5.00 Å². The lowest BCUT2D eigenvalue weighted by atomic mass is 10.1. The van der Waals surface area contributed by atoms with E-state index in [1.165, 1.54) is 11.3 Å². The van der Waals surface area contributed by atoms with Gasteiger partial charge in [0.1, 0.15) is 22.9 Å². The maximum absolute atomic E-state index is 12.9. The number of thiophene rings is 1. The van der Waals surface area contributed by atoms with Crippen molar-refractivity contribution in [2.75, 3.05) is 25.1 Å². The first-order valence-corrected chi connectivity index (χ1v) is 12.1. The molecule has 1 aliphatic heterocycles. The van der Waals surface area contributed by atoms with Gasteiger partial charge in [-0.1, -0.05) is 26.0 Å². The number of benzene rings is 2. The van der Waals surface area contributed by atoms with Crippen LogP contribution in [0.25, 0.3) is 0 Å². The normalized spacial score (nSPS) is 14.5. The highest BCUT2D eigenvalue weighted by Gasteiger charge is 2.31. The zero-order chi connectivity index (χ0) is 24.1. The number of amides is 1. The second-order valence-corrected chi connectivity index (χ2v) is 9.04. The average Bonchev–Trinajstić information content (AvgIpc) is 3.26. The predicted molar refractivity (Wildman–Crippen MR) is 130 cm³/mol. The lowest BCUT2D eigenvalue weighted by molar-refractivity contribution is 0.0513. The summed E-state index contributed by atoms with van der Waals surface area (Å²) in [7, 11) is 0. The number of carbonyl (C=O) groups excluding carboxylic acids is 2. The molecule has 1 aliphatic rings. The number of hydrogen-bond acceptors (Lipinski definition) is 7. The largest absolute Gasteiger partial charge is 0.493 e. The average molecular weight is 482 g/mol. The Kier molecular flexibility index (Phi) is 7.37. The van der Waals surface area contributed by atoms with Crippen LogP contribution in [-0.2, 0) is 4.74 Å². The number of para-hydroxylation sites is 2. The van der Waals surface area contributed by atoms with Gasteiger partial charge in [0.2, 0.25) is 0 Å². The highest BCUT2D eigenvalue weighted by molar-refractivity contribution is 7.15. The lowest BCUT2D eigenvalue weighted by Gasteiger charge is -2.26. The van der Waals surface area contributed by atoms with E-state index in [4.69, 9.17) is 18.9 Å². The molecule has 1 atom stereocenters. The van der Waals surface area contributed by atoms with E-state index < -0.39 is 12.1 Å². The molecule has 1 amide bonds. The maximum atomic E-state index is 12.9. The Labute approximate surface area is 202 Å². The zero-order valence-corrected chi connectivity index (χ0v) is 20.1. The van der Waals surface area contributed by atoms with E-state index in [1.54, 1.807) is 36.6 Å². The molecular formula is C26H27NO6S. The molecule has 1 N–H and O–H groups in total. The van der Waals surface area contributed by atoms with Gasteiger partial charge < -0.3 is 24.3 Å². The van der Waals surface area contributed by atoms with Gasteiger partial charge in [-0.05, 0) is 49.2 Å². The molecule has 0 saturated carbocycles. The van der Waals surface area contributed by atoms with Gasteiger partial charge in [-0.3, -0.25) is 4.79 Å². The lowest BCUT2D eigenvalue weighted by Crippen LogP contribution is -2.24. The molecule has 0 aliphatic carbocycles. The van der Waals surface area contributed by atoms with Gasteiger partial charge in [-0.2, -0.15) is 0 Å². The summed E-state index contributed by atoms with van der Waals surface area (Å²) in [6.07, 6.45) is -0.506. The minimum Gasteiger partial charge on any atom is -0.493 e. The van der Waals surface area contributed by atoms with Crippen molar-refractivity contribution in [3.8, 4) is 17.2 Å². The molecule has 2 heterocycles. The van der Waals surface area contributed by atoms with Gasteiger partial charge in [0.15, 0.2) is 17.6 Å². The van der Waals surface area contributed by atoms with E-state index in [0.29, 0.717) is 45.9 Å². The maximum Gasteiger partial charge on any atom is 0.341 e. The number of ether oxygens (including phenoxy) is 4. The number of hydrogen-bond donors (Lipinski definition) is 1. The van der Waals surface area contributed by atoms with Gasteiger partial charge in [-0.15, -0.1) is 11.3 Å². The first-order chi connectivity index (χ1) is 16.5. The van der Waals surface area contributed by atoms with Gasteiger partial charge in [0.25, 0.3) is 5.91 Å². The standard InChI is InChI=1S/C26H27NO6S/c1-4-30-26(29)23-19(22-14-32-20-7-5-6-8-21(20)33-22)15-34-25(23)27-24(28)17-9-11-18(12-10-17)31-13-16(2)3/h5-12,15-16,22H,4,13-14H2,1-3H3,(H,27,28)/t22-/m1/s1. The fraction of sp³-hybridized carbons (Fsp3) is 0.308. The van der Waals surface area contributed by atoms with E-state index in [-0.39, 0.29) is 24.7 Å². The van der Waals surface area contributed by atoms with Gasteiger partial charge in [0, 0.05) is 16.5 Å². The van der Waals surface area contributed by atoms with Crippen LogP contribution in [0.15, 0.2) is 53.9 Å². The highest BCUT2D eigenvalue weighted by Crippen LogP contribution is 2.40. The predicted octanol–water partition coefficient (Wildman–Crippen LogP) is 5.72. The van der Waals surface area contributed by atoms with Crippen LogP contribution < -0.4 is 19.5 Å². The molecule has 178 valence electrons. The highest BCUT2D eigenvalue weighted by atomic mass is 32.1. The van der Waals surface area contributed by atoms with Crippen LogP contribution in [0.1, 0.15) is 53.2 Å². The van der Waals surface area contributed by atoms with Gasteiger partial charge in [0.05, 0.1) is 13.2 Å². The number of anilines is 1. The second kappa shape index (κ2) is 10.6. The summed E-state index contributed by atoms with van der Waals surface area (Å²) in [6, 6.07) is 14.3. The number of fused-ring (bicyclic) bond motifs is 1. The Morgan fingerprint density at radius 1 is 1.12 bits per heavy atom. The first kappa shape index (κ1) is 23.6. The monoisotopic (exact) mass is 481 g/mol. The van der Waals surface area contributed by atoms with E-state index in [2.05, 4.69) is 19.2 Å². The fourth-order valence-electron chi connectivity index (χ4n) is 3.43. The summed E-state index contributed by atoms with van der Waals surface area (Å²) in [5, 5.41) is 5.06. The summed E-state index contributed by atoms with van der Waals surface area (Å²) in [5.74, 6) is 1.51. The summed E-state index contributed by atoms with van der Waals surface area (Å²) in [4.78, 5) is 25.8. The van der Waals surface area contributed by atoms with Crippen LogP contribution in [0, 0.1) is 5.92 Å². The van der Waals surface area contributed by atoms with Crippen molar-refractivity contribution >= 4 is 28.2 Å². The molecule has 0 radical (unpaired) electrons. The topological polar surface area (TPSA) is 83.1 Å². The summed E-state index contributed by atoms with van der Waals surface area (Å²) in [5.41, 5.74) is 1.35. The quantitative estimate of drug-likeness (QED) is 0.414. The Bertz CT molecular complexity index is 1150. The zero-order valence-electron chi connectivity index (χ0n) is 19.3. The summed E-state index contributed by atoms with van der Waals surface area (Å²) >= 11 is 1.25. The molecule has 0 fully saturated rings. The molecular weight excluding hydrogens is 454 g/mol. The molecule has 0 unspecified atom stereocenters. The minimum atomic E-state index is -0.519. The second-order valence-electron chi connectivity index (χ2n) is 8.16. The van der Waals surface area contributed by atoms with Gasteiger partial charge >= 0.3 is 5.97 Å². The van der Waals surface area contributed by atoms with Crippen molar-refractivity contribution < 1.29 is 28.5 Å². The summed E-state index contributed by atoms with van der Waals surface area (Å²) < 4.78 is 22.9. The van der Waals surface area contributed by atoms with Crippen LogP contribution in [0.3, 0.4) is 0 Å². The molecule has 0 saturated heterocycles. The number of esters is 1.